The maximum absolute atomic E-state index is 13.2. The van der Waals surface area contributed by atoms with Gasteiger partial charge in [-0.2, -0.15) is 0 Å². The minimum Gasteiger partial charge on any atom is -0.338 e. The number of halogens is 1. The maximum atomic E-state index is 13.2. The van der Waals surface area contributed by atoms with E-state index in [1.54, 1.807) is 11.0 Å². The number of nitrogens with zero attached hydrogens (tertiary/aromatic N) is 2. The molecule has 1 aliphatic heterocycles. The van der Waals surface area contributed by atoms with Crippen molar-refractivity contribution < 1.29 is 9.72 Å². The molecule has 150 valence electrons. The summed E-state index contributed by atoms with van der Waals surface area (Å²) >= 11 is 1.44. The van der Waals surface area contributed by atoms with E-state index in [4.69, 9.17) is 5.73 Å². The number of piperidine rings is 1. The first-order valence-corrected chi connectivity index (χ1v) is 9.83. The highest BCUT2D eigenvalue weighted by Gasteiger charge is 2.28. The standard InChI is InChI=1S/C20H23N3O3S.ClH/c1-14(21)15-6-5-11-22(13-15)20(24)18-12-16(23(25)26)9-10-19(18)27-17-7-3-2-4-8-17;/h2-4,7-10,12,14-15H,5-6,11,13,21H2,1H3;1H. The van der Waals surface area contributed by atoms with Gasteiger partial charge in [0.1, 0.15) is 0 Å². The Morgan fingerprint density at radius 3 is 2.64 bits per heavy atom. The summed E-state index contributed by atoms with van der Waals surface area (Å²) in [5, 5.41) is 11.2. The lowest BCUT2D eigenvalue weighted by atomic mass is 9.92. The Labute approximate surface area is 175 Å². The number of nitro benzene ring substituents is 1. The van der Waals surface area contributed by atoms with Gasteiger partial charge in [-0.25, -0.2) is 0 Å². The zero-order valence-electron chi connectivity index (χ0n) is 15.6. The van der Waals surface area contributed by atoms with Crippen LogP contribution in [0.2, 0.25) is 0 Å². The fourth-order valence-electron chi connectivity index (χ4n) is 3.30. The Hall–Kier alpha value is -2.09. The van der Waals surface area contributed by atoms with Gasteiger partial charge in [-0.1, -0.05) is 30.0 Å². The van der Waals surface area contributed by atoms with Gasteiger partial charge in [0, 0.05) is 41.1 Å². The molecule has 6 nitrogen and oxygen atoms in total. The van der Waals surface area contributed by atoms with Crippen LogP contribution < -0.4 is 5.73 Å². The minimum absolute atomic E-state index is 0. The zero-order chi connectivity index (χ0) is 19.4. The molecule has 8 heteroatoms. The van der Waals surface area contributed by atoms with Crippen molar-refractivity contribution >= 4 is 35.8 Å². The smallest absolute Gasteiger partial charge is 0.270 e. The highest BCUT2D eigenvalue weighted by molar-refractivity contribution is 7.99. The molecule has 1 aliphatic rings. The number of carbonyl (C=O) groups excluding carboxylic acids is 1. The molecule has 2 unspecified atom stereocenters. The Balaban J connectivity index is 0.00000280. The highest BCUT2D eigenvalue weighted by atomic mass is 35.5. The minimum atomic E-state index is -0.464. The third-order valence-electron chi connectivity index (χ3n) is 4.86. The lowest BCUT2D eigenvalue weighted by Crippen LogP contribution is -2.45. The zero-order valence-corrected chi connectivity index (χ0v) is 17.2. The summed E-state index contributed by atoms with van der Waals surface area (Å²) in [6.45, 7) is 3.21. The van der Waals surface area contributed by atoms with E-state index in [0.717, 1.165) is 22.6 Å². The molecule has 0 saturated carbocycles. The third kappa shape index (κ3) is 5.25. The van der Waals surface area contributed by atoms with Crippen LogP contribution in [0.3, 0.4) is 0 Å². The lowest BCUT2D eigenvalue weighted by Gasteiger charge is -2.35. The number of hydrogen-bond acceptors (Lipinski definition) is 5. The topological polar surface area (TPSA) is 89.5 Å². The van der Waals surface area contributed by atoms with Crippen LogP contribution in [-0.4, -0.2) is 34.9 Å². The fraction of sp³-hybridized carbons (Fsp3) is 0.350. The molecule has 2 atom stereocenters. The average molecular weight is 422 g/mol. The van der Waals surface area contributed by atoms with E-state index >= 15 is 0 Å². The molecule has 3 rings (SSSR count). The Morgan fingerprint density at radius 1 is 1.29 bits per heavy atom. The fourth-order valence-corrected chi connectivity index (χ4v) is 4.24. The van der Waals surface area contributed by atoms with E-state index in [-0.39, 0.29) is 36.0 Å². The van der Waals surface area contributed by atoms with Crippen molar-refractivity contribution in [3.63, 3.8) is 0 Å². The summed E-state index contributed by atoms with van der Waals surface area (Å²) in [6.07, 6.45) is 1.90. The van der Waals surface area contributed by atoms with Crippen LogP contribution in [0.1, 0.15) is 30.1 Å². The monoisotopic (exact) mass is 421 g/mol. The molecule has 2 N–H and O–H groups in total. The second-order valence-corrected chi connectivity index (χ2v) is 7.98. The molecule has 0 aromatic heterocycles. The number of nitrogens with two attached hydrogens (primary N) is 1. The van der Waals surface area contributed by atoms with Crippen molar-refractivity contribution in [2.24, 2.45) is 11.7 Å². The molecule has 1 saturated heterocycles. The van der Waals surface area contributed by atoms with E-state index in [1.807, 2.05) is 37.3 Å². The number of likely N-dealkylation sites (tertiary alicyclic amines) is 1. The quantitative estimate of drug-likeness (QED) is 0.572. The van der Waals surface area contributed by atoms with Crippen molar-refractivity contribution in [2.75, 3.05) is 13.1 Å². The molecular formula is C20H24ClN3O3S. The first kappa shape index (κ1) is 22.2. The summed E-state index contributed by atoms with van der Waals surface area (Å²) in [5.74, 6) is 0.0918. The van der Waals surface area contributed by atoms with E-state index < -0.39 is 4.92 Å². The van der Waals surface area contributed by atoms with Gasteiger partial charge in [-0.05, 0) is 43.9 Å². The van der Waals surface area contributed by atoms with Crippen LogP contribution in [0, 0.1) is 16.0 Å². The molecule has 1 fully saturated rings. The summed E-state index contributed by atoms with van der Waals surface area (Å²) < 4.78 is 0. The Kier molecular flexibility index (Phi) is 7.86. The van der Waals surface area contributed by atoms with Crippen LogP contribution in [0.4, 0.5) is 5.69 Å². The number of rotatable bonds is 5. The van der Waals surface area contributed by atoms with Gasteiger partial charge in [-0.15, -0.1) is 12.4 Å². The van der Waals surface area contributed by atoms with Crippen molar-refractivity contribution in [3.05, 3.63) is 64.2 Å². The number of benzene rings is 2. The van der Waals surface area contributed by atoms with Crippen molar-refractivity contribution in [2.45, 2.75) is 35.6 Å². The van der Waals surface area contributed by atoms with Gasteiger partial charge in [0.15, 0.2) is 0 Å². The molecule has 2 aromatic carbocycles. The summed E-state index contributed by atoms with van der Waals surface area (Å²) in [7, 11) is 0. The van der Waals surface area contributed by atoms with E-state index in [0.29, 0.717) is 18.7 Å². The predicted molar refractivity (Wildman–Crippen MR) is 113 cm³/mol. The summed E-state index contributed by atoms with van der Waals surface area (Å²) in [5.41, 5.74) is 6.34. The molecule has 2 aromatic rings. The number of nitro groups is 1. The molecule has 0 bridgehead atoms. The normalized spacial score (nSPS) is 17.5. The Morgan fingerprint density at radius 2 is 2.00 bits per heavy atom. The van der Waals surface area contributed by atoms with Crippen LogP contribution >= 0.6 is 24.2 Å². The van der Waals surface area contributed by atoms with Gasteiger partial charge in [0.2, 0.25) is 0 Å². The van der Waals surface area contributed by atoms with Crippen molar-refractivity contribution in [3.8, 4) is 0 Å². The molecule has 28 heavy (non-hydrogen) atoms. The molecule has 0 aliphatic carbocycles. The molecule has 1 heterocycles. The van der Waals surface area contributed by atoms with Gasteiger partial charge in [0.05, 0.1) is 10.5 Å². The van der Waals surface area contributed by atoms with Gasteiger partial charge >= 0.3 is 0 Å². The third-order valence-corrected chi connectivity index (χ3v) is 5.95. The lowest BCUT2D eigenvalue weighted by molar-refractivity contribution is -0.384. The first-order chi connectivity index (χ1) is 13.0. The number of amides is 1. The summed E-state index contributed by atoms with van der Waals surface area (Å²) in [6, 6.07) is 14.2. The van der Waals surface area contributed by atoms with Crippen molar-refractivity contribution in [1.29, 1.82) is 0 Å². The van der Waals surface area contributed by atoms with Crippen molar-refractivity contribution in [1.82, 2.24) is 4.90 Å². The number of carbonyl (C=O) groups is 1. The number of non-ortho nitro benzene ring substituents is 1. The van der Waals surface area contributed by atoms with Crippen LogP contribution in [0.5, 0.6) is 0 Å². The average Bonchev–Trinajstić information content (AvgIpc) is 2.68. The van der Waals surface area contributed by atoms with E-state index in [2.05, 4.69) is 0 Å². The van der Waals surface area contributed by atoms with Gasteiger partial charge in [0.25, 0.3) is 11.6 Å². The Bertz CT molecular complexity index is 833. The summed E-state index contributed by atoms with van der Waals surface area (Å²) in [4.78, 5) is 27.4. The van der Waals surface area contributed by atoms with E-state index in [9.17, 15) is 14.9 Å². The molecule has 1 amide bonds. The predicted octanol–water partition coefficient (Wildman–Crippen LogP) is 4.37. The maximum Gasteiger partial charge on any atom is 0.270 e. The van der Waals surface area contributed by atoms with Crippen LogP contribution in [0.15, 0.2) is 58.3 Å². The largest absolute Gasteiger partial charge is 0.338 e. The SMILES string of the molecule is CC(N)C1CCCN(C(=O)c2cc([N+](=O)[O-])ccc2Sc2ccccc2)C1.Cl. The highest BCUT2D eigenvalue weighted by Crippen LogP contribution is 2.34. The molecular weight excluding hydrogens is 398 g/mol. The van der Waals surface area contributed by atoms with E-state index in [1.165, 1.54) is 23.9 Å². The van der Waals surface area contributed by atoms with Crippen LogP contribution in [-0.2, 0) is 0 Å². The van der Waals surface area contributed by atoms with Gasteiger partial charge < -0.3 is 10.6 Å². The first-order valence-electron chi connectivity index (χ1n) is 9.02. The van der Waals surface area contributed by atoms with Crippen LogP contribution in [0.25, 0.3) is 0 Å². The number of hydrogen-bond donors (Lipinski definition) is 1. The second-order valence-electron chi connectivity index (χ2n) is 6.87. The molecule has 0 spiro atoms. The molecule has 0 radical (unpaired) electrons. The second kappa shape index (κ2) is 9.91. The van der Waals surface area contributed by atoms with Gasteiger partial charge in [-0.3, -0.25) is 14.9 Å².